The molecule has 0 radical (unpaired) electrons. The first-order valence-electron chi connectivity index (χ1n) is 5.99. The van der Waals surface area contributed by atoms with E-state index in [9.17, 15) is 13.2 Å². The molecule has 3 rings (SSSR count). The minimum Gasteiger partial charge on any atom is -0.497 e. The number of aromatic nitrogens is 2. The van der Waals surface area contributed by atoms with Crippen LogP contribution in [0.5, 0.6) is 5.75 Å². The molecule has 0 spiro atoms. The van der Waals surface area contributed by atoms with Crippen LogP contribution in [0.1, 0.15) is 12.5 Å². The maximum absolute atomic E-state index is 12.0. The van der Waals surface area contributed by atoms with E-state index in [1.54, 1.807) is 25.3 Å². The van der Waals surface area contributed by atoms with Crippen LogP contribution in [0, 0.1) is 0 Å². The maximum Gasteiger partial charge on any atom is 0.326 e. The summed E-state index contributed by atoms with van der Waals surface area (Å²) in [6, 6.07) is 4.97. The molecule has 0 amide bonds. The summed E-state index contributed by atoms with van der Waals surface area (Å²) < 4.78 is 29.8. The second kappa shape index (κ2) is 4.12. The van der Waals surface area contributed by atoms with Crippen molar-refractivity contribution in [2.24, 2.45) is 0 Å². The molecule has 0 aliphatic carbocycles. The van der Waals surface area contributed by atoms with Crippen LogP contribution in [0.2, 0.25) is 0 Å². The molecule has 0 saturated carbocycles. The van der Waals surface area contributed by atoms with E-state index in [4.69, 9.17) is 4.74 Å². The number of benzene rings is 1. The van der Waals surface area contributed by atoms with E-state index in [2.05, 4.69) is 4.98 Å². The molecule has 1 saturated heterocycles. The molecule has 19 heavy (non-hydrogen) atoms. The van der Waals surface area contributed by atoms with E-state index < -0.39 is 9.84 Å². The molecular weight excluding hydrogens is 268 g/mol. The Morgan fingerprint density at radius 3 is 2.84 bits per heavy atom. The van der Waals surface area contributed by atoms with Crippen LogP contribution < -0.4 is 10.4 Å². The first-order chi connectivity index (χ1) is 9.00. The molecule has 1 N–H and O–H groups in total. The average molecular weight is 282 g/mol. The van der Waals surface area contributed by atoms with Gasteiger partial charge in [-0.05, 0) is 18.6 Å². The zero-order valence-corrected chi connectivity index (χ0v) is 11.2. The first-order valence-corrected chi connectivity index (χ1v) is 7.81. The van der Waals surface area contributed by atoms with Gasteiger partial charge in [-0.25, -0.2) is 13.2 Å². The molecule has 1 aromatic carbocycles. The summed E-state index contributed by atoms with van der Waals surface area (Å²) in [5.41, 5.74) is 1.10. The van der Waals surface area contributed by atoms with Gasteiger partial charge in [-0.3, -0.25) is 4.57 Å². The van der Waals surface area contributed by atoms with Crippen LogP contribution in [0.3, 0.4) is 0 Å². The molecule has 2 aromatic rings. The number of aromatic amines is 1. The predicted octanol–water partition coefficient (Wildman–Crippen LogP) is 0.698. The Hall–Kier alpha value is -1.76. The number of methoxy groups -OCH3 is 1. The number of fused-ring (bicyclic) bond motifs is 1. The lowest BCUT2D eigenvalue weighted by atomic mass is 10.2. The van der Waals surface area contributed by atoms with Crippen LogP contribution in [0.25, 0.3) is 11.0 Å². The van der Waals surface area contributed by atoms with Crippen molar-refractivity contribution >= 4 is 20.9 Å². The van der Waals surface area contributed by atoms with E-state index >= 15 is 0 Å². The number of nitrogens with zero attached hydrogens (tertiary/aromatic N) is 1. The highest BCUT2D eigenvalue weighted by atomic mass is 32.2. The van der Waals surface area contributed by atoms with Crippen molar-refractivity contribution in [2.75, 3.05) is 18.6 Å². The molecule has 1 unspecified atom stereocenters. The third kappa shape index (κ3) is 2.03. The Morgan fingerprint density at radius 1 is 1.42 bits per heavy atom. The zero-order valence-electron chi connectivity index (χ0n) is 10.4. The van der Waals surface area contributed by atoms with Gasteiger partial charge in [0.05, 0.1) is 35.7 Å². The lowest BCUT2D eigenvalue weighted by Crippen LogP contribution is -2.23. The first kappa shape index (κ1) is 12.3. The second-order valence-corrected chi connectivity index (χ2v) is 6.97. The van der Waals surface area contributed by atoms with Gasteiger partial charge in [0, 0.05) is 6.07 Å². The molecule has 6 nitrogen and oxygen atoms in total. The third-order valence-corrected chi connectivity index (χ3v) is 5.25. The molecule has 1 fully saturated rings. The van der Waals surface area contributed by atoms with Gasteiger partial charge in [0.15, 0.2) is 9.84 Å². The van der Waals surface area contributed by atoms with Crippen molar-refractivity contribution in [2.45, 2.75) is 12.5 Å². The predicted molar refractivity (Wildman–Crippen MR) is 71.4 cm³/mol. The van der Waals surface area contributed by atoms with Gasteiger partial charge in [-0.15, -0.1) is 0 Å². The van der Waals surface area contributed by atoms with Crippen LogP contribution in [-0.4, -0.2) is 36.6 Å². The smallest absolute Gasteiger partial charge is 0.326 e. The van der Waals surface area contributed by atoms with Gasteiger partial charge in [0.25, 0.3) is 0 Å². The molecule has 1 aliphatic heterocycles. The standard InChI is InChI=1S/C12H14N2O4S/c1-18-9-2-3-10-11(6-9)14(12(15)13-10)8-4-5-19(16,17)7-8/h2-3,6,8H,4-5,7H2,1H3,(H,13,15). The summed E-state index contributed by atoms with van der Waals surface area (Å²) in [7, 11) is -1.48. The fourth-order valence-corrected chi connectivity index (χ4v) is 4.27. The van der Waals surface area contributed by atoms with Crippen molar-refractivity contribution in [3.8, 4) is 5.75 Å². The highest BCUT2D eigenvalue weighted by Crippen LogP contribution is 2.27. The van der Waals surface area contributed by atoms with Gasteiger partial charge >= 0.3 is 5.69 Å². The minimum absolute atomic E-state index is 0.0249. The van der Waals surface area contributed by atoms with Crippen molar-refractivity contribution in [1.29, 1.82) is 0 Å². The fourth-order valence-electron chi connectivity index (χ4n) is 2.57. The molecule has 1 atom stereocenters. The molecule has 0 bridgehead atoms. The molecule has 102 valence electrons. The van der Waals surface area contributed by atoms with Crippen molar-refractivity contribution in [3.05, 3.63) is 28.7 Å². The van der Waals surface area contributed by atoms with Crippen LogP contribution >= 0.6 is 0 Å². The lowest BCUT2D eigenvalue weighted by molar-refractivity contribution is 0.415. The summed E-state index contributed by atoms with van der Waals surface area (Å²) in [4.78, 5) is 14.7. The van der Waals surface area contributed by atoms with Crippen LogP contribution in [0.15, 0.2) is 23.0 Å². The van der Waals surface area contributed by atoms with Crippen molar-refractivity contribution in [1.82, 2.24) is 9.55 Å². The number of H-pyrrole nitrogens is 1. The van der Waals surface area contributed by atoms with E-state index in [1.807, 2.05) is 0 Å². The molecular formula is C12H14N2O4S. The Bertz CT molecular complexity index is 788. The summed E-state index contributed by atoms with van der Waals surface area (Å²) in [5, 5.41) is 0. The summed E-state index contributed by atoms with van der Waals surface area (Å²) in [6.07, 6.45) is 0.479. The number of imidazole rings is 1. The van der Waals surface area contributed by atoms with Gasteiger partial charge in [-0.1, -0.05) is 0 Å². The minimum atomic E-state index is -3.03. The SMILES string of the molecule is COc1ccc2[nH]c(=O)n(C3CCS(=O)(=O)C3)c2c1. The summed E-state index contributed by atoms with van der Waals surface area (Å²) in [6.45, 7) is 0. The van der Waals surface area contributed by atoms with Gasteiger partial charge in [-0.2, -0.15) is 0 Å². The summed E-state index contributed by atoms with van der Waals surface area (Å²) >= 11 is 0. The van der Waals surface area contributed by atoms with Gasteiger partial charge in [0.1, 0.15) is 5.75 Å². The van der Waals surface area contributed by atoms with Gasteiger partial charge in [0.2, 0.25) is 0 Å². The number of hydrogen-bond acceptors (Lipinski definition) is 4. The number of rotatable bonds is 2. The lowest BCUT2D eigenvalue weighted by Gasteiger charge is -2.10. The maximum atomic E-state index is 12.0. The average Bonchev–Trinajstić information content (AvgIpc) is 2.87. The Labute approximate surface area is 109 Å². The molecule has 1 aliphatic rings. The number of hydrogen-bond donors (Lipinski definition) is 1. The number of nitrogens with one attached hydrogen (secondary N) is 1. The van der Waals surface area contributed by atoms with E-state index in [0.717, 1.165) is 0 Å². The number of ether oxygens (including phenoxy) is 1. The topological polar surface area (TPSA) is 81.2 Å². The largest absolute Gasteiger partial charge is 0.497 e. The quantitative estimate of drug-likeness (QED) is 0.879. The zero-order chi connectivity index (χ0) is 13.6. The van der Waals surface area contributed by atoms with Crippen LogP contribution in [-0.2, 0) is 9.84 Å². The molecule has 2 heterocycles. The number of sulfone groups is 1. The highest BCUT2D eigenvalue weighted by Gasteiger charge is 2.31. The van der Waals surface area contributed by atoms with Crippen molar-refractivity contribution < 1.29 is 13.2 Å². The Morgan fingerprint density at radius 2 is 2.21 bits per heavy atom. The third-order valence-electron chi connectivity index (χ3n) is 3.50. The highest BCUT2D eigenvalue weighted by molar-refractivity contribution is 7.91. The Balaban J connectivity index is 2.17. The van der Waals surface area contributed by atoms with Crippen LogP contribution in [0.4, 0.5) is 0 Å². The normalized spacial score (nSPS) is 21.8. The second-order valence-electron chi connectivity index (χ2n) is 4.74. The van der Waals surface area contributed by atoms with E-state index in [1.165, 1.54) is 4.57 Å². The molecule has 7 heteroatoms. The Kier molecular flexibility index (Phi) is 2.67. The fraction of sp³-hybridized carbons (Fsp3) is 0.417. The van der Waals surface area contributed by atoms with Crippen molar-refractivity contribution in [3.63, 3.8) is 0 Å². The summed E-state index contributed by atoms with van der Waals surface area (Å²) in [5.74, 6) is 0.804. The van der Waals surface area contributed by atoms with E-state index in [-0.39, 0.29) is 23.2 Å². The monoisotopic (exact) mass is 282 g/mol. The van der Waals surface area contributed by atoms with E-state index in [0.29, 0.717) is 23.2 Å². The van der Waals surface area contributed by atoms with Gasteiger partial charge < -0.3 is 9.72 Å². The molecule has 1 aromatic heterocycles.